The Morgan fingerprint density at radius 3 is 2.35 bits per heavy atom. The van der Waals surface area contributed by atoms with E-state index in [1.54, 1.807) is 12.4 Å². The van der Waals surface area contributed by atoms with Crippen LogP contribution in [0.5, 0.6) is 0 Å². The molecule has 0 aromatic carbocycles. The third-order valence-electron chi connectivity index (χ3n) is 5.22. The minimum Gasteiger partial charge on any atom is -0.481 e. The number of pyridine rings is 1. The maximum absolute atomic E-state index is 12.7. The normalized spacial score (nSPS) is 28.7. The summed E-state index contributed by atoms with van der Waals surface area (Å²) in [7, 11) is 0. The van der Waals surface area contributed by atoms with Crippen LogP contribution in [0.3, 0.4) is 0 Å². The number of allylic oxidation sites excluding steroid dienone is 2. The Kier molecular flexibility index (Phi) is 4.20. The lowest BCUT2D eigenvalue weighted by atomic mass is 9.78. The molecule has 0 spiro atoms. The average Bonchev–Trinajstić information content (AvgIpc) is 3.09. The number of carboxylic acid groups (broad SMARTS) is 1. The number of rotatable bonds is 4. The molecule has 2 aliphatic carbocycles. The monoisotopic (exact) mass is 314 g/mol. The Hall–Kier alpha value is -2.17. The Balaban J connectivity index is 1.79. The second kappa shape index (κ2) is 6.14. The largest absolute Gasteiger partial charge is 0.481 e. The summed E-state index contributed by atoms with van der Waals surface area (Å²) in [5.41, 5.74) is 3.35. The van der Waals surface area contributed by atoms with Crippen LogP contribution in [0.25, 0.3) is 0 Å². The van der Waals surface area contributed by atoms with Crippen LogP contribution >= 0.6 is 0 Å². The number of nitrogens with one attached hydrogen (secondary N) is 1. The molecular weight excluding hydrogens is 292 g/mol. The summed E-state index contributed by atoms with van der Waals surface area (Å²) in [6, 6.07) is 3.69. The lowest BCUT2D eigenvalue weighted by Gasteiger charge is -2.26. The van der Waals surface area contributed by atoms with Gasteiger partial charge in [0.15, 0.2) is 0 Å². The van der Waals surface area contributed by atoms with Gasteiger partial charge in [-0.2, -0.15) is 0 Å². The quantitative estimate of drug-likeness (QED) is 0.836. The fourth-order valence-electron chi connectivity index (χ4n) is 4.41. The van der Waals surface area contributed by atoms with E-state index in [2.05, 4.69) is 10.3 Å². The molecule has 5 heteroatoms. The first-order valence-corrected chi connectivity index (χ1v) is 8.07. The van der Waals surface area contributed by atoms with Crippen LogP contribution in [0.2, 0.25) is 0 Å². The number of hydrogen-bond donors (Lipinski definition) is 2. The van der Waals surface area contributed by atoms with E-state index in [9.17, 15) is 14.7 Å². The van der Waals surface area contributed by atoms with Crippen molar-refractivity contribution in [1.82, 2.24) is 10.3 Å². The van der Waals surface area contributed by atoms with Gasteiger partial charge in [0.05, 0.1) is 11.8 Å². The van der Waals surface area contributed by atoms with Gasteiger partial charge in [-0.15, -0.1) is 0 Å². The molecular formula is C18H22N2O3. The minimum atomic E-state index is -0.847. The lowest BCUT2D eigenvalue weighted by Crippen LogP contribution is -2.41. The lowest BCUT2D eigenvalue weighted by molar-refractivity contribution is -0.149. The van der Waals surface area contributed by atoms with Gasteiger partial charge in [-0.3, -0.25) is 14.6 Å². The highest BCUT2D eigenvalue weighted by atomic mass is 16.4. The minimum absolute atomic E-state index is 0.0270. The number of aliphatic carboxylic acids is 1. The zero-order valence-corrected chi connectivity index (χ0v) is 13.5. The van der Waals surface area contributed by atoms with E-state index < -0.39 is 17.8 Å². The average molecular weight is 314 g/mol. The smallest absolute Gasteiger partial charge is 0.307 e. The van der Waals surface area contributed by atoms with E-state index in [4.69, 9.17) is 0 Å². The third kappa shape index (κ3) is 2.76. The number of carboxylic acids is 1. The van der Waals surface area contributed by atoms with E-state index in [1.807, 2.05) is 26.0 Å². The molecule has 0 radical (unpaired) electrons. The Bertz CT molecular complexity index is 649. The highest BCUT2D eigenvalue weighted by molar-refractivity contribution is 5.87. The van der Waals surface area contributed by atoms with Gasteiger partial charge in [-0.1, -0.05) is 11.1 Å². The number of carbonyl (C=O) groups excluding carboxylic acids is 1. The number of nitrogens with zero attached hydrogens (tertiary/aromatic N) is 1. The molecule has 2 fully saturated rings. The summed E-state index contributed by atoms with van der Waals surface area (Å²) in [5.74, 6) is -1.91. The molecule has 1 aromatic rings. The van der Waals surface area contributed by atoms with Crippen molar-refractivity contribution in [1.29, 1.82) is 0 Å². The summed E-state index contributed by atoms with van der Waals surface area (Å²) in [4.78, 5) is 28.4. The van der Waals surface area contributed by atoms with Crippen molar-refractivity contribution >= 4 is 11.9 Å². The second-order valence-corrected chi connectivity index (χ2v) is 6.71. The summed E-state index contributed by atoms with van der Waals surface area (Å²) in [6.07, 6.45) is 5.17. The van der Waals surface area contributed by atoms with Crippen molar-refractivity contribution in [3.8, 4) is 0 Å². The van der Waals surface area contributed by atoms with Crippen LogP contribution in [0, 0.1) is 23.7 Å². The summed E-state index contributed by atoms with van der Waals surface area (Å²) < 4.78 is 0. The zero-order chi connectivity index (χ0) is 16.6. The molecule has 4 atom stereocenters. The van der Waals surface area contributed by atoms with E-state index in [0.717, 1.165) is 18.4 Å². The van der Waals surface area contributed by atoms with Crippen molar-refractivity contribution in [2.75, 3.05) is 0 Å². The molecule has 2 saturated carbocycles. The van der Waals surface area contributed by atoms with Crippen molar-refractivity contribution in [3.63, 3.8) is 0 Å². The van der Waals surface area contributed by atoms with Gasteiger partial charge in [0.2, 0.25) is 5.91 Å². The second-order valence-electron chi connectivity index (χ2n) is 6.71. The van der Waals surface area contributed by atoms with Crippen molar-refractivity contribution in [2.45, 2.75) is 33.2 Å². The molecule has 23 heavy (non-hydrogen) atoms. The molecule has 1 amide bonds. The Morgan fingerprint density at radius 2 is 1.78 bits per heavy atom. The first kappa shape index (κ1) is 15.7. The number of carbonyl (C=O) groups is 2. The third-order valence-corrected chi connectivity index (χ3v) is 5.22. The Labute approximate surface area is 135 Å². The summed E-state index contributed by atoms with van der Waals surface area (Å²) in [5, 5.41) is 12.5. The predicted octanol–water partition coefficient (Wildman–Crippen LogP) is 2.39. The molecule has 2 bridgehead atoms. The van der Waals surface area contributed by atoms with E-state index in [0.29, 0.717) is 6.54 Å². The molecule has 2 N–H and O–H groups in total. The van der Waals surface area contributed by atoms with Gasteiger partial charge in [0.1, 0.15) is 0 Å². The molecule has 122 valence electrons. The fourth-order valence-corrected chi connectivity index (χ4v) is 4.41. The van der Waals surface area contributed by atoms with Crippen LogP contribution < -0.4 is 5.32 Å². The standard InChI is InChI=1S/C18H22N2O3/c1-10(2)14-12-3-4-13(14)16(18(22)23)15(12)17(21)20-9-11-5-7-19-8-6-11/h5-8,12-13,15-16H,3-4,9H2,1-2H3,(H,20,21)(H,22,23)/t12-,13+,15+,16+/m0/s1. The van der Waals surface area contributed by atoms with Crippen LogP contribution in [0.1, 0.15) is 32.3 Å². The van der Waals surface area contributed by atoms with E-state index >= 15 is 0 Å². The van der Waals surface area contributed by atoms with Gasteiger partial charge < -0.3 is 10.4 Å². The van der Waals surface area contributed by atoms with Gasteiger partial charge in [0.25, 0.3) is 0 Å². The van der Waals surface area contributed by atoms with Gasteiger partial charge >= 0.3 is 5.97 Å². The van der Waals surface area contributed by atoms with Crippen LogP contribution in [-0.4, -0.2) is 22.0 Å². The summed E-state index contributed by atoms with van der Waals surface area (Å²) in [6.45, 7) is 4.46. The molecule has 0 aliphatic heterocycles. The fraction of sp³-hybridized carbons (Fsp3) is 0.500. The van der Waals surface area contributed by atoms with Crippen molar-refractivity contribution < 1.29 is 14.7 Å². The number of amides is 1. The highest BCUT2D eigenvalue weighted by Crippen LogP contribution is 2.57. The Morgan fingerprint density at radius 1 is 1.17 bits per heavy atom. The number of hydrogen-bond acceptors (Lipinski definition) is 3. The molecule has 1 aromatic heterocycles. The SMILES string of the molecule is CC(C)=C1[C@H]2CC[C@@H]1[C@@H](C(=O)NCc1ccncc1)[C@@H]2C(=O)O. The van der Waals surface area contributed by atoms with Crippen LogP contribution in [-0.2, 0) is 16.1 Å². The van der Waals surface area contributed by atoms with Crippen molar-refractivity contribution in [3.05, 3.63) is 41.2 Å². The van der Waals surface area contributed by atoms with Gasteiger partial charge in [0, 0.05) is 18.9 Å². The van der Waals surface area contributed by atoms with Gasteiger partial charge in [-0.05, 0) is 56.2 Å². The topological polar surface area (TPSA) is 79.3 Å². The predicted molar refractivity (Wildman–Crippen MR) is 85.3 cm³/mol. The molecule has 0 saturated heterocycles. The molecule has 3 rings (SSSR count). The number of aromatic nitrogens is 1. The maximum Gasteiger partial charge on any atom is 0.307 e. The molecule has 5 nitrogen and oxygen atoms in total. The number of fused-ring (bicyclic) bond motifs is 2. The van der Waals surface area contributed by atoms with Crippen LogP contribution in [0.15, 0.2) is 35.7 Å². The first-order valence-electron chi connectivity index (χ1n) is 8.07. The molecule has 0 unspecified atom stereocenters. The van der Waals surface area contributed by atoms with E-state index in [1.165, 1.54) is 11.1 Å². The summed E-state index contributed by atoms with van der Waals surface area (Å²) >= 11 is 0. The van der Waals surface area contributed by atoms with Crippen molar-refractivity contribution in [2.24, 2.45) is 23.7 Å². The zero-order valence-electron chi connectivity index (χ0n) is 13.5. The molecule has 2 aliphatic rings. The first-order chi connectivity index (χ1) is 11.0. The van der Waals surface area contributed by atoms with E-state index in [-0.39, 0.29) is 17.7 Å². The van der Waals surface area contributed by atoms with Crippen LogP contribution in [0.4, 0.5) is 0 Å². The van der Waals surface area contributed by atoms with Gasteiger partial charge in [-0.25, -0.2) is 0 Å². The maximum atomic E-state index is 12.7. The molecule has 1 heterocycles. The highest BCUT2D eigenvalue weighted by Gasteiger charge is 2.57.